The number of nitrogens with zero attached hydrogens (tertiary/aromatic N) is 4. The Balaban J connectivity index is 2.43. The lowest BCUT2D eigenvalue weighted by atomic mass is 10.1. The fraction of sp³-hybridized carbons (Fsp3) is 0.357. The van der Waals surface area contributed by atoms with Crippen molar-refractivity contribution < 1.29 is 54.3 Å². The van der Waals surface area contributed by atoms with Crippen molar-refractivity contribution in [2.75, 3.05) is 79.0 Å². The molecule has 0 aliphatic heterocycles. The Morgan fingerprint density at radius 3 is 1.07 bits per heavy atom. The molecule has 0 fully saturated rings. The van der Waals surface area contributed by atoms with E-state index in [0.29, 0.717) is 11.4 Å². The number of nitrogens with one attached hydrogen (secondary N) is 1. The molecule has 2 aromatic rings. The molecule has 6 N–H and O–H groups in total. The van der Waals surface area contributed by atoms with E-state index in [9.17, 15) is 54.3 Å². The van der Waals surface area contributed by atoms with Gasteiger partial charge >= 0.3 is 29.8 Å². The SMILES string of the molecule is CNC(=O)CN(CC(=O)O)c1ccccc1N(CCCN(CC(=O)O)c1ccccc1N(CC(=O)O)CC(=O)O)CC(=O)O. The van der Waals surface area contributed by atoms with Gasteiger partial charge in [-0.3, -0.25) is 28.8 Å². The first kappa shape index (κ1) is 34.7. The molecule has 0 bridgehead atoms. The fourth-order valence-electron chi connectivity index (χ4n) is 4.54. The highest BCUT2D eigenvalue weighted by molar-refractivity contribution is 5.88. The second kappa shape index (κ2) is 16.8. The molecule has 0 spiro atoms. The number of carbonyl (C=O) groups excluding carboxylic acids is 1. The number of carbonyl (C=O) groups is 6. The van der Waals surface area contributed by atoms with Crippen molar-refractivity contribution in [2.45, 2.75) is 6.42 Å². The maximum Gasteiger partial charge on any atom is 0.323 e. The average Bonchev–Trinajstić information content (AvgIpc) is 2.94. The summed E-state index contributed by atoms with van der Waals surface area (Å²) in [5.41, 5.74) is 1.08. The molecular formula is C28H35N5O11. The Bertz CT molecular complexity index is 1340. The van der Waals surface area contributed by atoms with Crippen LogP contribution in [0, 0.1) is 0 Å². The summed E-state index contributed by atoms with van der Waals surface area (Å²) in [6, 6.07) is 12.5. The second-order valence-electron chi connectivity index (χ2n) is 9.53. The molecule has 16 nitrogen and oxygen atoms in total. The number of aliphatic carboxylic acids is 5. The van der Waals surface area contributed by atoms with Gasteiger partial charge in [-0.15, -0.1) is 0 Å². The van der Waals surface area contributed by atoms with Gasteiger partial charge in [-0.2, -0.15) is 0 Å². The molecule has 16 heteroatoms. The minimum Gasteiger partial charge on any atom is -0.480 e. The Kier molecular flexibility index (Phi) is 13.2. The quantitative estimate of drug-likeness (QED) is 0.116. The molecule has 0 radical (unpaired) electrons. The molecule has 1 amide bonds. The molecule has 0 saturated heterocycles. The standard InChI is InChI=1S/C28H35N5O11/c1-29-23(34)13-32(16-26(39)40)21-9-4-2-7-19(21)30(14-24(35)36)11-6-12-31(15-25(37)38)20-8-3-5-10-22(20)33(17-27(41)42)18-28(43)44/h2-5,7-10H,6,11-18H2,1H3,(H,29,34)(H,35,36)(H,37,38)(H,39,40)(H,41,42)(H,43,44). The van der Waals surface area contributed by atoms with Crippen LogP contribution < -0.4 is 24.9 Å². The van der Waals surface area contributed by atoms with E-state index in [0.717, 1.165) is 4.90 Å². The van der Waals surface area contributed by atoms with Gasteiger partial charge in [-0.05, 0) is 30.7 Å². The number of hydrogen-bond donors (Lipinski definition) is 6. The highest BCUT2D eigenvalue weighted by Crippen LogP contribution is 2.31. The Morgan fingerprint density at radius 2 is 0.773 bits per heavy atom. The van der Waals surface area contributed by atoms with Crippen molar-refractivity contribution in [3.05, 3.63) is 48.5 Å². The van der Waals surface area contributed by atoms with E-state index in [1.165, 1.54) is 33.9 Å². The molecule has 0 aromatic heterocycles. The molecule has 0 saturated carbocycles. The Hall–Kier alpha value is -5.54. The first-order valence-electron chi connectivity index (χ1n) is 13.3. The number of rotatable bonds is 20. The van der Waals surface area contributed by atoms with Crippen LogP contribution in [0.25, 0.3) is 0 Å². The third-order valence-electron chi connectivity index (χ3n) is 6.23. The number of anilines is 4. The van der Waals surface area contributed by atoms with E-state index in [4.69, 9.17) is 0 Å². The summed E-state index contributed by atoms with van der Waals surface area (Å²) < 4.78 is 0. The minimum absolute atomic E-state index is 0.0344. The number of hydrogen-bond acceptors (Lipinski definition) is 10. The zero-order valence-corrected chi connectivity index (χ0v) is 24.0. The van der Waals surface area contributed by atoms with Gasteiger partial charge in [0.15, 0.2) is 0 Å². The molecule has 0 unspecified atom stereocenters. The topological polar surface area (TPSA) is 229 Å². The van der Waals surface area contributed by atoms with Gasteiger partial charge in [-0.1, -0.05) is 24.3 Å². The van der Waals surface area contributed by atoms with Crippen LogP contribution in [0.4, 0.5) is 22.7 Å². The van der Waals surface area contributed by atoms with E-state index in [-0.39, 0.29) is 37.4 Å². The predicted molar refractivity (Wildman–Crippen MR) is 159 cm³/mol. The monoisotopic (exact) mass is 617 g/mol. The van der Waals surface area contributed by atoms with Gasteiger partial charge in [-0.25, -0.2) is 0 Å². The smallest absolute Gasteiger partial charge is 0.323 e. The van der Waals surface area contributed by atoms with Gasteiger partial charge in [0.2, 0.25) is 5.91 Å². The molecule has 0 aliphatic carbocycles. The summed E-state index contributed by atoms with van der Waals surface area (Å²) in [7, 11) is 1.40. The van der Waals surface area contributed by atoms with Crippen LogP contribution in [-0.4, -0.2) is 121 Å². The van der Waals surface area contributed by atoms with Crippen LogP contribution in [0.1, 0.15) is 6.42 Å². The number of amides is 1. The zero-order chi connectivity index (χ0) is 32.8. The lowest BCUT2D eigenvalue weighted by Gasteiger charge is -2.32. The lowest BCUT2D eigenvalue weighted by molar-refractivity contribution is -0.137. The predicted octanol–water partition coefficient (Wildman–Crippen LogP) is 0.172. The molecule has 44 heavy (non-hydrogen) atoms. The molecule has 0 heterocycles. The van der Waals surface area contributed by atoms with Gasteiger partial charge in [0.25, 0.3) is 0 Å². The van der Waals surface area contributed by atoms with Crippen LogP contribution in [0.5, 0.6) is 0 Å². The zero-order valence-electron chi connectivity index (χ0n) is 24.0. The van der Waals surface area contributed by atoms with Crippen LogP contribution in [0.15, 0.2) is 48.5 Å². The first-order chi connectivity index (χ1) is 20.8. The highest BCUT2D eigenvalue weighted by Gasteiger charge is 2.24. The van der Waals surface area contributed by atoms with E-state index < -0.39 is 68.5 Å². The first-order valence-corrected chi connectivity index (χ1v) is 13.3. The maximum atomic E-state index is 12.1. The van der Waals surface area contributed by atoms with Gasteiger partial charge < -0.3 is 50.4 Å². The van der Waals surface area contributed by atoms with E-state index in [2.05, 4.69) is 5.32 Å². The van der Waals surface area contributed by atoms with Crippen molar-refractivity contribution in [3.8, 4) is 0 Å². The largest absolute Gasteiger partial charge is 0.480 e. The summed E-state index contributed by atoms with van der Waals surface area (Å²) in [6.07, 6.45) is 0.176. The average molecular weight is 618 g/mol. The van der Waals surface area contributed by atoms with Crippen LogP contribution in [0.2, 0.25) is 0 Å². The molecule has 2 aromatic carbocycles. The number of carboxylic acids is 5. The summed E-state index contributed by atoms with van der Waals surface area (Å²) in [4.78, 5) is 75.5. The lowest BCUT2D eigenvalue weighted by Crippen LogP contribution is -2.41. The highest BCUT2D eigenvalue weighted by atomic mass is 16.4. The van der Waals surface area contributed by atoms with Gasteiger partial charge in [0, 0.05) is 20.1 Å². The summed E-state index contributed by atoms with van der Waals surface area (Å²) >= 11 is 0. The van der Waals surface area contributed by atoms with Crippen LogP contribution >= 0.6 is 0 Å². The second-order valence-corrected chi connectivity index (χ2v) is 9.53. The van der Waals surface area contributed by atoms with Gasteiger partial charge in [0.1, 0.15) is 32.7 Å². The van der Waals surface area contributed by atoms with Gasteiger partial charge in [0.05, 0.1) is 29.3 Å². The van der Waals surface area contributed by atoms with Crippen LogP contribution in [-0.2, 0) is 28.8 Å². The van der Waals surface area contributed by atoms with Crippen molar-refractivity contribution in [1.82, 2.24) is 5.32 Å². The van der Waals surface area contributed by atoms with E-state index >= 15 is 0 Å². The van der Waals surface area contributed by atoms with E-state index in [1.54, 1.807) is 36.4 Å². The van der Waals surface area contributed by atoms with Crippen LogP contribution in [0.3, 0.4) is 0 Å². The molecule has 0 aliphatic rings. The number of para-hydroxylation sites is 4. The molecule has 238 valence electrons. The Labute approximate surface area is 252 Å². The van der Waals surface area contributed by atoms with E-state index in [1.807, 2.05) is 0 Å². The number of likely N-dealkylation sites (N-methyl/N-ethyl adjacent to an activating group) is 1. The fourth-order valence-corrected chi connectivity index (χ4v) is 4.54. The number of benzene rings is 2. The number of carboxylic acid groups (broad SMARTS) is 5. The molecular weight excluding hydrogens is 582 g/mol. The maximum absolute atomic E-state index is 12.1. The summed E-state index contributed by atoms with van der Waals surface area (Å²) in [5, 5.41) is 49.8. The summed E-state index contributed by atoms with van der Waals surface area (Å²) in [6.45, 7) is -3.11. The van der Waals surface area contributed by atoms with Crippen molar-refractivity contribution >= 4 is 58.5 Å². The minimum atomic E-state index is -1.29. The van der Waals surface area contributed by atoms with Crippen molar-refractivity contribution in [3.63, 3.8) is 0 Å². The molecule has 2 rings (SSSR count). The van der Waals surface area contributed by atoms with Crippen molar-refractivity contribution in [1.29, 1.82) is 0 Å². The summed E-state index contributed by atoms with van der Waals surface area (Å²) in [5.74, 6) is -6.66. The third kappa shape index (κ3) is 11.0. The van der Waals surface area contributed by atoms with Crippen molar-refractivity contribution in [2.24, 2.45) is 0 Å². The normalized spacial score (nSPS) is 10.4. The third-order valence-corrected chi connectivity index (χ3v) is 6.23. The Morgan fingerprint density at radius 1 is 0.500 bits per heavy atom. The molecule has 0 atom stereocenters.